The molecule has 0 saturated heterocycles. The van der Waals surface area contributed by atoms with Gasteiger partial charge in [-0.1, -0.05) is 12.1 Å². The number of ether oxygens (including phenoxy) is 2. The molecule has 0 bridgehead atoms. The number of hydrogen-bond donors (Lipinski definition) is 0. The molecule has 0 spiro atoms. The van der Waals surface area contributed by atoms with Gasteiger partial charge in [0.05, 0.1) is 18.1 Å². The molecule has 0 amide bonds. The van der Waals surface area contributed by atoms with Gasteiger partial charge >= 0.3 is 5.69 Å². The van der Waals surface area contributed by atoms with Gasteiger partial charge in [-0.05, 0) is 36.2 Å². The highest BCUT2D eigenvalue weighted by molar-refractivity contribution is 6.17. The average Bonchev–Trinajstić information content (AvgIpc) is 2.49. The van der Waals surface area contributed by atoms with Gasteiger partial charge in [0.25, 0.3) is 0 Å². The summed E-state index contributed by atoms with van der Waals surface area (Å²) in [6.45, 7) is 1.86. The maximum absolute atomic E-state index is 11.1. The van der Waals surface area contributed by atoms with E-state index >= 15 is 0 Å². The molecule has 2 aromatic rings. The van der Waals surface area contributed by atoms with E-state index in [4.69, 9.17) is 21.1 Å². The molecule has 0 heterocycles. The third-order valence-corrected chi connectivity index (χ3v) is 3.30. The first-order valence-corrected chi connectivity index (χ1v) is 6.74. The summed E-state index contributed by atoms with van der Waals surface area (Å²) in [5.41, 5.74) is 1.60. The van der Waals surface area contributed by atoms with Gasteiger partial charge in [0.1, 0.15) is 11.5 Å². The normalized spacial score (nSPS) is 10.2. The largest absolute Gasteiger partial charge is 0.496 e. The van der Waals surface area contributed by atoms with Crippen LogP contribution < -0.4 is 9.47 Å². The van der Waals surface area contributed by atoms with Crippen LogP contribution in [0, 0.1) is 17.0 Å². The van der Waals surface area contributed by atoms with Gasteiger partial charge in [0.15, 0.2) is 0 Å². The van der Waals surface area contributed by atoms with Gasteiger partial charge in [-0.15, -0.1) is 11.6 Å². The van der Waals surface area contributed by atoms with E-state index in [2.05, 4.69) is 0 Å². The average molecular weight is 308 g/mol. The van der Waals surface area contributed by atoms with Crippen LogP contribution in [0.5, 0.6) is 17.2 Å². The molecule has 0 aliphatic carbocycles. The summed E-state index contributed by atoms with van der Waals surface area (Å²) in [7, 11) is 1.45. The summed E-state index contributed by atoms with van der Waals surface area (Å²) < 4.78 is 10.7. The van der Waals surface area contributed by atoms with Crippen molar-refractivity contribution in [2.45, 2.75) is 12.8 Å². The van der Waals surface area contributed by atoms with E-state index in [0.717, 1.165) is 11.1 Å². The molecular weight excluding hydrogens is 294 g/mol. The highest BCUT2D eigenvalue weighted by Crippen LogP contribution is 2.35. The number of nitro groups is 1. The molecule has 0 radical (unpaired) electrons. The monoisotopic (exact) mass is 307 g/mol. The van der Waals surface area contributed by atoms with Crippen molar-refractivity contribution in [1.29, 1.82) is 0 Å². The molecule has 5 nitrogen and oxygen atoms in total. The second-order valence-corrected chi connectivity index (χ2v) is 4.69. The van der Waals surface area contributed by atoms with Crippen molar-refractivity contribution >= 4 is 17.3 Å². The molecule has 21 heavy (non-hydrogen) atoms. The van der Waals surface area contributed by atoms with Gasteiger partial charge in [-0.25, -0.2) is 0 Å². The minimum absolute atomic E-state index is 0.148. The summed E-state index contributed by atoms with van der Waals surface area (Å²) in [6, 6.07) is 9.99. The molecule has 0 aliphatic heterocycles. The maximum Gasteiger partial charge on any atom is 0.315 e. The predicted octanol–water partition coefficient (Wildman–Crippen LogP) is 4.44. The summed E-state index contributed by atoms with van der Waals surface area (Å²) in [5.74, 6) is 1.46. The van der Waals surface area contributed by atoms with Gasteiger partial charge in [0.2, 0.25) is 5.75 Å². The molecular formula is C15H14ClNO4. The first-order chi connectivity index (χ1) is 10.0. The molecule has 0 aromatic heterocycles. The second-order valence-electron chi connectivity index (χ2n) is 4.43. The summed E-state index contributed by atoms with van der Waals surface area (Å²) in [4.78, 5) is 10.6. The van der Waals surface area contributed by atoms with Crippen LogP contribution in [-0.2, 0) is 5.88 Å². The topological polar surface area (TPSA) is 61.6 Å². The number of nitro benzene ring substituents is 1. The number of halogens is 1. The Bertz CT molecular complexity index is 673. The summed E-state index contributed by atoms with van der Waals surface area (Å²) >= 11 is 5.80. The van der Waals surface area contributed by atoms with Crippen molar-refractivity contribution in [3.63, 3.8) is 0 Å². The number of methoxy groups -OCH3 is 1. The SMILES string of the molecule is COc1ccc(Oc2cc(CCl)ccc2C)c([N+](=O)[O-])c1. The minimum atomic E-state index is -0.501. The molecule has 110 valence electrons. The van der Waals surface area contributed by atoms with Crippen LogP contribution in [-0.4, -0.2) is 12.0 Å². The number of nitrogens with zero attached hydrogens (tertiary/aromatic N) is 1. The van der Waals surface area contributed by atoms with E-state index in [0.29, 0.717) is 17.4 Å². The van der Waals surface area contributed by atoms with E-state index in [9.17, 15) is 10.1 Å². The van der Waals surface area contributed by atoms with Crippen molar-refractivity contribution in [2.75, 3.05) is 7.11 Å². The number of rotatable bonds is 5. The van der Waals surface area contributed by atoms with Crippen molar-refractivity contribution < 1.29 is 14.4 Å². The first-order valence-electron chi connectivity index (χ1n) is 6.21. The van der Waals surface area contributed by atoms with E-state index in [1.165, 1.54) is 19.2 Å². The molecule has 0 atom stereocenters. The Kier molecular flexibility index (Phi) is 4.65. The van der Waals surface area contributed by atoms with E-state index in [-0.39, 0.29) is 11.4 Å². The number of aryl methyl sites for hydroxylation is 1. The Morgan fingerprint density at radius 1 is 1.19 bits per heavy atom. The van der Waals surface area contributed by atoms with Crippen molar-refractivity contribution in [3.05, 3.63) is 57.6 Å². The molecule has 0 fully saturated rings. The number of alkyl halides is 1. The molecule has 0 aliphatic rings. The second kappa shape index (κ2) is 6.45. The smallest absolute Gasteiger partial charge is 0.315 e. The van der Waals surface area contributed by atoms with Crippen LogP contribution in [0.3, 0.4) is 0 Å². The highest BCUT2D eigenvalue weighted by atomic mass is 35.5. The molecule has 0 unspecified atom stereocenters. The van der Waals surface area contributed by atoms with Crippen LogP contribution in [0.15, 0.2) is 36.4 Å². The molecule has 6 heteroatoms. The zero-order valence-corrected chi connectivity index (χ0v) is 12.4. The summed E-state index contributed by atoms with van der Waals surface area (Å²) in [6.07, 6.45) is 0. The van der Waals surface area contributed by atoms with Gasteiger partial charge < -0.3 is 9.47 Å². The lowest BCUT2D eigenvalue weighted by atomic mass is 10.1. The molecule has 2 aromatic carbocycles. The molecule has 0 N–H and O–H groups in total. The van der Waals surface area contributed by atoms with E-state index in [1.54, 1.807) is 12.1 Å². The van der Waals surface area contributed by atoms with Crippen molar-refractivity contribution in [1.82, 2.24) is 0 Å². The fourth-order valence-corrected chi connectivity index (χ4v) is 1.98. The van der Waals surface area contributed by atoms with Gasteiger partial charge in [0, 0.05) is 5.88 Å². The third kappa shape index (κ3) is 3.44. The fraction of sp³-hybridized carbons (Fsp3) is 0.200. The maximum atomic E-state index is 11.1. The Labute approximate surface area is 127 Å². The zero-order valence-electron chi connectivity index (χ0n) is 11.6. The minimum Gasteiger partial charge on any atom is -0.496 e. The van der Waals surface area contributed by atoms with Crippen LogP contribution in [0.1, 0.15) is 11.1 Å². The van der Waals surface area contributed by atoms with Crippen LogP contribution >= 0.6 is 11.6 Å². The Hall–Kier alpha value is -2.27. The van der Waals surface area contributed by atoms with Crippen LogP contribution in [0.2, 0.25) is 0 Å². The summed E-state index contributed by atoms with van der Waals surface area (Å²) in [5, 5.41) is 11.1. The van der Waals surface area contributed by atoms with Crippen molar-refractivity contribution in [2.24, 2.45) is 0 Å². The fourth-order valence-electron chi connectivity index (χ4n) is 1.81. The van der Waals surface area contributed by atoms with Crippen molar-refractivity contribution in [3.8, 4) is 17.2 Å². The Balaban J connectivity index is 2.41. The lowest BCUT2D eigenvalue weighted by molar-refractivity contribution is -0.385. The predicted molar refractivity (Wildman–Crippen MR) is 80.5 cm³/mol. The quantitative estimate of drug-likeness (QED) is 0.465. The standard InChI is InChI=1S/C15H14ClNO4/c1-10-3-4-11(9-16)7-15(10)21-14-6-5-12(20-2)8-13(14)17(18)19/h3-8H,9H2,1-2H3. The van der Waals surface area contributed by atoms with E-state index in [1.807, 2.05) is 19.1 Å². The molecule has 0 saturated carbocycles. The molecule has 2 rings (SSSR count). The number of hydrogen-bond acceptors (Lipinski definition) is 4. The van der Waals surface area contributed by atoms with Crippen LogP contribution in [0.4, 0.5) is 5.69 Å². The number of benzene rings is 2. The lowest BCUT2D eigenvalue weighted by Gasteiger charge is -2.11. The van der Waals surface area contributed by atoms with Gasteiger partial charge in [-0.3, -0.25) is 10.1 Å². The van der Waals surface area contributed by atoms with Crippen LogP contribution in [0.25, 0.3) is 0 Å². The lowest BCUT2D eigenvalue weighted by Crippen LogP contribution is -1.96. The first kappa shape index (κ1) is 15.1. The highest BCUT2D eigenvalue weighted by Gasteiger charge is 2.18. The van der Waals surface area contributed by atoms with E-state index < -0.39 is 4.92 Å². The Morgan fingerprint density at radius 2 is 1.95 bits per heavy atom. The third-order valence-electron chi connectivity index (χ3n) is 2.99. The Morgan fingerprint density at radius 3 is 2.57 bits per heavy atom. The zero-order chi connectivity index (χ0) is 15.4. The van der Waals surface area contributed by atoms with Gasteiger partial charge in [-0.2, -0.15) is 0 Å².